The molecule has 14 heteroatoms. The van der Waals surface area contributed by atoms with Gasteiger partial charge in [-0.25, -0.2) is 0 Å². The molecule has 2 saturated heterocycles. The number of nitrogens with one attached hydrogen (secondary N) is 1. The predicted molar refractivity (Wildman–Crippen MR) is 160 cm³/mol. The van der Waals surface area contributed by atoms with Crippen molar-refractivity contribution >= 4 is 12.0 Å². The number of rotatable bonds is 10. The number of ether oxygens (including phenoxy) is 6. The molecule has 3 fully saturated rings. The van der Waals surface area contributed by atoms with Crippen LogP contribution < -0.4 is 19.5 Å². The molecule has 14 nitrogen and oxygen atoms in total. The lowest BCUT2D eigenvalue weighted by molar-refractivity contribution is -0.155. The fourth-order valence-electron chi connectivity index (χ4n) is 5.58. The number of benzene rings is 2. The lowest BCUT2D eigenvalue weighted by atomic mass is 9.83. The molecule has 5 rings (SSSR count). The Bertz CT molecular complexity index is 1450. The third-order valence-electron chi connectivity index (χ3n) is 8.23. The average Bonchev–Trinajstić information content (AvgIpc) is 3.65. The summed E-state index contributed by atoms with van der Waals surface area (Å²) in [6.45, 7) is 3.24. The highest BCUT2D eigenvalue weighted by atomic mass is 16.7. The van der Waals surface area contributed by atoms with Crippen molar-refractivity contribution in [3.63, 3.8) is 0 Å². The Morgan fingerprint density at radius 2 is 1.65 bits per heavy atom. The number of aliphatic hydroxyl groups is 5. The number of aromatic hydroxyl groups is 1. The van der Waals surface area contributed by atoms with E-state index in [1.807, 2.05) is 0 Å². The number of amides is 1. The number of fused-ring (bicyclic) bond motifs is 1. The van der Waals surface area contributed by atoms with Gasteiger partial charge in [0.15, 0.2) is 11.5 Å². The van der Waals surface area contributed by atoms with E-state index < -0.39 is 67.1 Å². The molecule has 10 atom stereocenters. The molecule has 0 aromatic heterocycles. The second kappa shape index (κ2) is 14.4. The third-order valence-corrected chi connectivity index (χ3v) is 8.23. The van der Waals surface area contributed by atoms with Crippen molar-refractivity contribution < 1.29 is 63.9 Å². The lowest BCUT2D eigenvalue weighted by Crippen LogP contribution is -2.67. The van der Waals surface area contributed by atoms with Crippen LogP contribution in [-0.4, -0.2) is 118 Å². The number of phenols is 1. The first kappa shape index (κ1) is 33.6. The van der Waals surface area contributed by atoms with Gasteiger partial charge in [0.25, 0.3) is 0 Å². The largest absolute Gasteiger partial charge is 0.504 e. The number of methoxy groups -OCH3 is 1. The molecule has 1 amide bonds. The molecule has 0 spiro atoms. The number of carbonyl (C=O) groups excluding carboxylic acids is 1. The van der Waals surface area contributed by atoms with Crippen molar-refractivity contribution in [2.45, 2.75) is 75.0 Å². The first-order valence-electron chi connectivity index (χ1n) is 14.7. The van der Waals surface area contributed by atoms with Gasteiger partial charge in [-0.1, -0.05) is 12.1 Å². The average molecular weight is 646 g/mol. The molecule has 2 heterocycles. The van der Waals surface area contributed by atoms with E-state index >= 15 is 0 Å². The summed E-state index contributed by atoms with van der Waals surface area (Å²) < 4.78 is 32.9. The molecular formula is C32H39NO13. The molecule has 250 valence electrons. The molecule has 0 radical (unpaired) electrons. The van der Waals surface area contributed by atoms with E-state index in [4.69, 9.17) is 28.4 Å². The summed E-state index contributed by atoms with van der Waals surface area (Å²) in [6, 6.07) is 10.2. The Hall–Kier alpha value is -3.73. The molecule has 1 saturated carbocycles. The van der Waals surface area contributed by atoms with Gasteiger partial charge in [0, 0.05) is 11.6 Å². The highest BCUT2D eigenvalue weighted by Gasteiger charge is 2.53. The van der Waals surface area contributed by atoms with Crippen LogP contribution in [0.4, 0.5) is 0 Å². The van der Waals surface area contributed by atoms with Crippen LogP contribution in [0.15, 0.2) is 59.7 Å². The van der Waals surface area contributed by atoms with Crippen LogP contribution in [0, 0.1) is 0 Å². The van der Waals surface area contributed by atoms with Gasteiger partial charge in [-0.2, -0.15) is 0 Å². The van der Waals surface area contributed by atoms with E-state index in [2.05, 4.69) is 5.32 Å². The van der Waals surface area contributed by atoms with Gasteiger partial charge in [0.1, 0.15) is 73.7 Å². The van der Waals surface area contributed by atoms with Crippen molar-refractivity contribution in [2.75, 3.05) is 20.5 Å². The molecule has 7 N–H and O–H groups in total. The van der Waals surface area contributed by atoms with Gasteiger partial charge in [0.2, 0.25) is 12.2 Å². The van der Waals surface area contributed by atoms with E-state index in [1.54, 1.807) is 50.4 Å². The maximum Gasteiger partial charge on any atom is 0.247 e. The van der Waals surface area contributed by atoms with Gasteiger partial charge >= 0.3 is 0 Å². The Morgan fingerprint density at radius 3 is 2.37 bits per heavy atom. The summed E-state index contributed by atoms with van der Waals surface area (Å²) in [4.78, 5) is 12.9. The van der Waals surface area contributed by atoms with Gasteiger partial charge in [-0.15, -0.1) is 0 Å². The monoisotopic (exact) mass is 645 g/mol. The maximum absolute atomic E-state index is 12.9. The summed E-state index contributed by atoms with van der Waals surface area (Å²) in [6.07, 6.45) is -7.73. The van der Waals surface area contributed by atoms with Crippen molar-refractivity contribution in [3.05, 3.63) is 65.3 Å². The van der Waals surface area contributed by atoms with Crippen molar-refractivity contribution in [3.8, 4) is 23.0 Å². The molecule has 2 aromatic carbocycles. The second-order valence-electron chi connectivity index (χ2n) is 11.4. The number of aliphatic hydroxyl groups excluding tert-OH is 5. The smallest absolute Gasteiger partial charge is 0.247 e. The molecule has 0 bridgehead atoms. The van der Waals surface area contributed by atoms with Crippen LogP contribution in [0.25, 0.3) is 6.08 Å². The van der Waals surface area contributed by atoms with E-state index in [-0.39, 0.29) is 30.5 Å². The van der Waals surface area contributed by atoms with Crippen LogP contribution >= 0.6 is 0 Å². The molecule has 0 unspecified atom stereocenters. The SMILES string of the molecule is COc1cccc(OCC=C(C)[C@H]2O[C@@H](Oc3ccc(C=C(C)C(=O)N[C@@H]4[C@H](O)[C@@H](O)[C@H]5OCO[C@H]5[C@@H]4O)cc3O)[C@@H](O)[C@@H]2O)c1. The fraction of sp³-hybridized carbons (Fsp3) is 0.469. The Balaban J connectivity index is 1.18. The zero-order chi connectivity index (χ0) is 33.1. The Morgan fingerprint density at radius 1 is 0.935 bits per heavy atom. The van der Waals surface area contributed by atoms with Gasteiger partial charge in [-0.3, -0.25) is 4.79 Å². The normalized spacial score (nSPS) is 33.0. The van der Waals surface area contributed by atoms with Crippen molar-refractivity contribution in [1.82, 2.24) is 5.32 Å². The molecular weight excluding hydrogens is 606 g/mol. The first-order valence-corrected chi connectivity index (χ1v) is 14.7. The summed E-state index contributed by atoms with van der Waals surface area (Å²) in [5, 5.41) is 65.7. The first-order chi connectivity index (χ1) is 22.0. The van der Waals surface area contributed by atoms with Gasteiger partial charge < -0.3 is 64.4 Å². The summed E-state index contributed by atoms with van der Waals surface area (Å²) >= 11 is 0. The minimum absolute atomic E-state index is 0.0325. The molecule has 2 aliphatic heterocycles. The minimum atomic E-state index is -1.49. The van der Waals surface area contributed by atoms with E-state index in [0.717, 1.165) is 0 Å². The molecule has 1 aliphatic carbocycles. The number of phenolic OH excluding ortho intramolecular Hbond substituents is 1. The fourth-order valence-corrected chi connectivity index (χ4v) is 5.58. The maximum atomic E-state index is 12.9. The summed E-state index contributed by atoms with van der Waals surface area (Å²) in [7, 11) is 1.56. The van der Waals surface area contributed by atoms with Gasteiger partial charge in [-0.05, 0) is 61.4 Å². The van der Waals surface area contributed by atoms with Crippen LogP contribution in [0.2, 0.25) is 0 Å². The summed E-state index contributed by atoms with van der Waals surface area (Å²) in [5.41, 5.74) is 1.19. The number of hydrogen-bond acceptors (Lipinski definition) is 13. The lowest BCUT2D eigenvalue weighted by Gasteiger charge is -2.41. The Labute approximate surface area is 265 Å². The quantitative estimate of drug-likeness (QED) is 0.134. The van der Waals surface area contributed by atoms with Crippen LogP contribution in [0.1, 0.15) is 19.4 Å². The molecule has 2 aromatic rings. The zero-order valence-electron chi connectivity index (χ0n) is 25.4. The second-order valence-corrected chi connectivity index (χ2v) is 11.4. The minimum Gasteiger partial charge on any atom is -0.504 e. The highest BCUT2D eigenvalue weighted by molar-refractivity contribution is 5.97. The van der Waals surface area contributed by atoms with Crippen molar-refractivity contribution in [1.29, 1.82) is 0 Å². The van der Waals surface area contributed by atoms with E-state index in [1.165, 1.54) is 25.1 Å². The van der Waals surface area contributed by atoms with Crippen molar-refractivity contribution in [2.24, 2.45) is 0 Å². The molecule has 46 heavy (non-hydrogen) atoms. The van der Waals surface area contributed by atoms with Crippen LogP contribution in [0.3, 0.4) is 0 Å². The zero-order valence-corrected chi connectivity index (χ0v) is 25.4. The topological polar surface area (TPSA) is 206 Å². The summed E-state index contributed by atoms with van der Waals surface area (Å²) in [5.74, 6) is 0.259. The third kappa shape index (κ3) is 7.14. The Kier molecular flexibility index (Phi) is 10.5. The number of carbonyl (C=O) groups is 1. The molecule has 3 aliphatic rings. The van der Waals surface area contributed by atoms with Crippen LogP contribution in [0.5, 0.6) is 23.0 Å². The van der Waals surface area contributed by atoms with Gasteiger partial charge in [0.05, 0.1) is 13.2 Å². The van der Waals surface area contributed by atoms with E-state index in [9.17, 15) is 35.4 Å². The standard InChI is InChI=1S/C32H39NO13/c1-15(9-10-42-19-6-4-5-18(13-19)41-3)28-26(38)27(39)32(46-28)45-21-8-7-17(12-20(21)34)11-16(2)31(40)33-22-23(35)25(37)30-29(24(22)36)43-14-44-30/h4-9,11-13,22-30,32,34-39H,10,14H2,1-3H3,(H,33,40)/t22-,23+,24-,25-,26+,27+,28-,29+,30-,32-/m1/s1. The highest BCUT2D eigenvalue weighted by Crippen LogP contribution is 2.34. The van der Waals surface area contributed by atoms with E-state index in [0.29, 0.717) is 22.6 Å². The number of hydrogen-bond donors (Lipinski definition) is 7. The predicted octanol–water partition coefficient (Wildman–Crippen LogP) is -0.0225. The van der Waals surface area contributed by atoms with Crippen LogP contribution in [-0.2, 0) is 19.0 Å².